The topological polar surface area (TPSA) is 20.2 Å². The largest absolute Gasteiger partial charge is 0.508 e. The first-order valence-corrected chi connectivity index (χ1v) is 8.67. The van der Waals surface area contributed by atoms with Gasteiger partial charge in [0.2, 0.25) is 0 Å². The summed E-state index contributed by atoms with van der Waals surface area (Å²) < 4.78 is 0. The van der Waals surface area contributed by atoms with Crippen molar-refractivity contribution >= 4 is 16.9 Å². The third-order valence-corrected chi connectivity index (χ3v) is 6.22. The van der Waals surface area contributed by atoms with Crippen LogP contribution in [0.15, 0.2) is 41.8 Å². The lowest BCUT2D eigenvalue weighted by atomic mass is 9.82. The highest BCUT2D eigenvalue weighted by Gasteiger charge is 2.41. The third kappa shape index (κ3) is 2.13. The molecule has 0 spiro atoms. The molecule has 108 valence electrons. The monoisotopic (exact) mass is 296 g/mol. The second kappa shape index (κ2) is 5.03. The quantitative estimate of drug-likeness (QED) is 0.791. The summed E-state index contributed by atoms with van der Waals surface area (Å²) in [5.41, 5.74) is 4.29. The Bertz CT molecular complexity index is 680. The second-order valence-corrected chi connectivity index (χ2v) is 7.30. The smallest absolute Gasteiger partial charge is 0.115 e. The Morgan fingerprint density at radius 2 is 1.90 bits per heavy atom. The van der Waals surface area contributed by atoms with Gasteiger partial charge in [-0.05, 0) is 71.9 Å². The Labute approximate surface area is 130 Å². The van der Waals surface area contributed by atoms with E-state index in [9.17, 15) is 5.11 Å². The van der Waals surface area contributed by atoms with Crippen molar-refractivity contribution in [2.45, 2.75) is 32.1 Å². The molecule has 1 aromatic heterocycles. The minimum atomic E-state index is 0.359. The molecule has 2 aliphatic carbocycles. The van der Waals surface area contributed by atoms with Crippen molar-refractivity contribution in [3.05, 3.63) is 57.8 Å². The number of benzene rings is 1. The van der Waals surface area contributed by atoms with E-state index >= 15 is 0 Å². The van der Waals surface area contributed by atoms with Gasteiger partial charge in [0.15, 0.2) is 0 Å². The van der Waals surface area contributed by atoms with E-state index in [2.05, 4.69) is 36.6 Å². The van der Waals surface area contributed by atoms with Crippen molar-refractivity contribution in [3.8, 4) is 5.75 Å². The number of fused-ring (bicyclic) bond motifs is 1. The summed E-state index contributed by atoms with van der Waals surface area (Å²) >= 11 is 1.87. The molecule has 21 heavy (non-hydrogen) atoms. The number of aromatic hydroxyl groups is 1. The average molecular weight is 296 g/mol. The highest BCUT2D eigenvalue weighted by Crippen LogP contribution is 2.55. The van der Waals surface area contributed by atoms with Crippen LogP contribution in [0.4, 0.5) is 0 Å². The van der Waals surface area contributed by atoms with Crippen LogP contribution in [-0.2, 0) is 0 Å². The molecule has 4 rings (SSSR count). The molecule has 1 nitrogen and oxygen atoms in total. The molecule has 2 aliphatic rings. The molecular weight excluding hydrogens is 276 g/mol. The highest BCUT2D eigenvalue weighted by atomic mass is 32.1. The van der Waals surface area contributed by atoms with Gasteiger partial charge in [0.05, 0.1) is 0 Å². The summed E-state index contributed by atoms with van der Waals surface area (Å²) in [6.07, 6.45) is 6.58. The van der Waals surface area contributed by atoms with Crippen molar-refractivity contribution in [2.24, 2.45) is 11.8 Å². The third-order valence-electron chi connectivity index (χ3n) is 5.16. The number of phenolic OH excluding ortho intramolecular Hbond substituents is 1. The SMILES string of the molecule is Cc1ccsc1C1=CC2CCCC2C1c1ccc(O)cc1. The van der Waals surface area contributed by atoms with Crippen LogP contribution in [0.3, 0.4) is 0 Å². The zero-order chi connectivity index (χ0) is 14.4. The van der Waals surface area contributed by atoms with Crippen molar-refractivity contribution in [1.29, 1.82) is 0 Å². The number of hydrogen-bond donors (Lipinski definition) is 1. The molecule has 1 aromatic carbocycles. The fourth-order valence-electron chi connectivity index (χ4n) is 4.20. The molecule has 0 amide bonds. The van der Waals surface area contributed by atoms with Crippen molar-refractivity contribution in [1.82, 2.24) is 0 Å². The predicted molar refractivity (Wildman–Crippen MR) is 88.7 cm³/mol. The molecule has 0 radical (unpaired) electrons. The van der Waals surface area contributed by atoms with Crippen LogP contribution in [0.25, 0.3) is 5.57 Å². The Hall–Kier alpha value is -1.54. The van der Waals surface area contributed by atoms with E-state index in [1.165, 1.54) is 40.8 Å². The first kappa shape index (κ1) is 13.1. The van der Waals surface area contributed by atoms with Gasteiger partial charge in [-0.15, -0.1) is 11.3 Å². The fraction of sp³-hybridized carbons (Fsp3) is 0.368. The molecule has 1 saturated carbocycles. The molecule has 2 aromatic rings. The molecule has 2 heteroatoms. The lowest BCUT2D eigenvalue weighted by Crippen LogP contribution is -2.10. The first-order chi connectivity index (χ1) is 10.2. The van der Waals surface area contributed by atoms with Gasteiger partial charge in [-0.1, -0.05) is 24.6 Å². The molecular formula is C19H20OS. The van der Waals surface area contributed by atoms with E-state index in [1.54, 1.807) is 0 Å². The van der Waals surface area contributed by atoms with E-state index in [1.807, 2.05) is 23.5 Å². The van der Waals surface area contributed by atoms with Gasteiger partial charge in [0.25, 0.3) is 0 Å². The van der Waals surface area contributed by atoms with Gasteiger partial charge >= 0.3 is 0 Å². The number of thiophene rings is 1. The fourth-order valence-corrected chi connectivity index (χ4v) is 5.19. The predicted octanol–water partition coefficient (Wildman–Crippen LogP) is 5.36. The maximum atomic E-state index is 9.57. The summed E-state index contributed by atoms with van der Waals surface area (Å²) in [5, 5.41) is 11.8. The van der Waals surface area contributed by atoms with Crippen LogP contribution in [0.5, 0.6) is 5.75 Å². The van der Waals surface area contributed by atoms with Gasteiger partial charge in [0, 0.05) is 10.8 Å². The summed E-state index contributed by atoms with van der Waals surface area (Å²) in [7, 11) is 0. The van der Waals surface area contributed by atoms with Crippen molar-refractivity contribution in [2.75, 3.05) is 0 Å². The normalized spacial score (nSPS) is 27.7. The number of hydrogen-bond acceptors (Lipinski definition) is 2. The molecule has 0 aliphatic heterocycles. The van der Waals surface area contributed by atoms with Gasteiger partial charge in [-0.2, -0.15) is 0 Å². The first-order valence-electron chi connectivity index (χ1n) is 7.79. The van der Waals surface area contributed by atoms with Crippen LogP contribution in [0.2, 0.25) is 0 Å². The zero-order valence-electron chi connectivity index (χ0n) is 12.3. The summed E-state index contributed by atoms with van der Waals surface area (Å²) in [6, 6.07) is 10.1. The second-order valence-electron chi connectivity index (χ2n) is 6.38. The molecule has 0 saturated heterocycles. The van der Waals surface area contributed by atoms with Crippen LogP contribution in [0.1, 0.15) is 41.2 Å². The van der Waals surface area contributed by atoms with E-state index < -0.39 is 0 Å². The lowest BCUT2D eigenvalue weighted by molar-refractivity contribution is 0.451. The highest BCUT2D eigenvalue weighted by molar-refractivity contribution is 7.11. The zero-order valence-corrected chi connectivity index (χ0v) is 13.1. The molecule has 1 fully saturated rings. The van der Waals surface area contributed by atoms with E-state index in [4.69, 9.17) is 0 Å². The van der Waals surface area contributed by atoms with Crippen LogP contribution in [-0.4, -0.2) is 5.11 Å². The maximum Gasteiger partial charge on any atom is 0.115 e. The lowest BCUT2D eigenvalue weighted by Gasteiger charge is -2.23. The molecule has 1 N–H and O–H groups in total. The van der Waals surface area contributed by atoms with Crippen molar-refractivity contribution in [3.63, 3.8) is 0 Å². The van der Waals surface area contributed by atoms with Gasteiger partial charge in [-0.3, -0.25) is 0 Å². The van der Waals surface area contributed by atoms with Crippen LogP contribution < -0.4 is 0 Å². The molecule has 1 heterocycles. The van der Waals surface area contributed by atoms with Crippen molar-refractivity contribution < 1.29 is 5.11 Å². The van der Waals surface area contributed by atoms with Gasteiger partial charge in [-0.25, -0.2) is 0 Å². The molecule has 0 bridgehead atoms. The Balaban J connectivity index is 1.80. The van der Waals surface area contributed by atoms with E-state index in [-0.39, 0.29) is 0 Å². The minimum absolute atomic E-state index is 0.359. The number of phenols is 1. The Morgan fingerprint density at radius 3 is 2.62 bits per heavy atom. The summed E-state index contributed by atoms with van der Waals surface area (Å²) in [5.74, 6) is 2.37. The minimum Gasteiger partial charge on any atom is -0.508 e. The van der Waals surface area contributed by atoms with Crippen LogP contribution in [0, 0.1) is 18.8 Å². The molecule has 3 unspecified atom stereocenters. The number of aryl methyl sites for hydroxylation is 1. The van der Waals surface area contributed by atoms with E-state index in [0.717, 1.165) is 11.8 Å². The number of rotatable bonds is 2. The standard InChI is InChI=1S/C19H20OS/c1-12-9-10-21-19(12)17-11-14-3-2-4-16(14)18(17)13-5-7-15(20)8-6-13/h5-11,14,16,18,20H,2-4H2,1H3. The average Bonchev–Trinajstić information content (AvgIpc) is 3.14. The van der Waals surface area contributed by atoms with E-state index in [0.29, 0.717) is 11.7 Å². The summed E-state index contributed by atoms with van der Waals surface area (Å²) in [6.45, 7) is 2.22. The van der Waals surface area contributed by atoms with Gasteiger partial charge in [0.1, 0.15) is 5.75 Å². The number of allylic oxidation sites excluding steroid dienone is 2. The Morgan fingerprint density at radius 1 is 1.10 bits per heavy atom. The molecule has 3 atom stereocenters. The Kier molecular flexibility index (Phi) is 3.15. The van der Waals surface area contributed by atoms with Gasteiger partial charge < -0.3 is 5.11 Å². The summed E-state index contributed by atoms with van der Waals surface area (Å²) in [4.78, 5) is 1.46. The van der Waals surface area contributed by atoms with Crippen LogP contribution >= 0.6 is 11.3 Å². The maximum absolute atomic E-state index is 9.57.